The zero-order valence-corrected chi connectivity index (χ0v) is 11.7. The van der Waals surface area contributed by atoms with E-state index in [0.717, 1.165) is 22.9 Å². The summed E-state index contributed by atoms with van der Waals surface area (Å²) in [6.07, 6.45) is 2.24. The third-order valence-electron chi connectivity index (χ3n) is 2.93. The summed E-state index contributed by atoms with van der Waals surface area (Å²) in [7, 11) is 1.84. The van der Waals surface area contributed by atoms with E-state index >= 15 is 0 Å². The van der Waals surface area contributed by atoms with Gasteiger partial charge in [-0.05, 0) is 53.4 Å². The molecule has 0 heterocycles. The molecule has 0 radical (unpaired) electrons. The third kappa shape index (κ3) is 3.22. The van der Waals surface area contributed by atoms with Crippen molar-refractivity contribution >= 4 is 21.8 Å². The molecule has 17 heavy (non-hydrogen) atoms. The number of rotatable bonds is 4. The first kappa shape index (κ1) is 12.4. The molecule has 2 rings (SSSR count). The molecular weight excluding hydrogens is 282 g/mol. The van der Waals surface area contributed by atoms with Crippen molar-refractivity contribution < 1.29 is 9.53 Å². The number of halogens is 1. The minimum absolute atomic E-state index is 0.0416. The van der Waals surface area contributed by atoms with Gasteiger partial charge >= 0.3 is 0 Å². The highest BCUT2D eigenvalue weighted by molar-refractivity contribution is 9.10. The second-order valence-electron chi connectivity index (χ2n) is 4.46. The Hall–Kier alpha value is -1.03. The lowest BCUT2D eigenvalue weighted by molar-refractivity contribution is -0.132. The molecular formula is C13H16BrNO2. The summed E-state index contributed by atoms with van der Waals surface area (Å²) in [5.41, 5.74) is 1.16. The molecule has 0 aliphatic heterocycles. The van der Waals surface area contributed by atoms with Gasteiger partial charge in [0.1, 0.15) is 5.75 Å². The van der Waals surface area contributed by atoms with Gasteiger partial charge in [-0.2, -0.15) is 0 Å². The highest BCUT2D eigenvalue weighted by atomic mass is 79.9. The van der Waals surface area contributed by atoms with Crippen molar-refractivity contribution in [3.05, 3.63) is 28.2 Å². The van der Waals surface area contributed by atoms with Crippen LogP contribution < -0.4 is 4.74 Å². The van der Waals surface area contributed by atoms with Crippen molar-refractivity contribution in [3.8, 4) is 5.75 Å². The first-order valence-corrected chi connectivity index (χ1v) is 6.52. The normalized spacial score (nSPS) is 14.5. The van der Waals surface area contributed by atoms with E-state index in [1.807, 2.05) is 32.2 Å². The number of hydrogen-bond donors (Lipinski definition) is 0. The van der Waals surface area contributed by atoms with E-state index in [9.17, 15) is 4.79 Å². The van der Waals surface area contributed by atoms with Gasteiger partial charge in [0, 0.05) is 13.1 Å². The van der Waals surface area contributed by atoms with Gasteiger partial charge in [0.05, 0.1) is 4.47 Å². The molecule has 0 atom stereocenters. The summed E-state index contributed by atoms with van der Waals surface area (Å²) in [4.78, 5) is 13.5. The van der Waals surface area contributed by atoms with Crippen molar-refractivity contribution in [2.45, 2.75) is 25.8 Å². The van der Waals surface area contributed by atoms with Gasteiger partial charge in [-0.15, -0.1) is 0 Å². The van der Waals surface area contributed by atoms with E-state index < -0.39 is 0 Å². The Balaban J connectivity index is 1.90. The van der Waals surface area contributed by atoms with Crippen LogP contribution in [0.4, 0.5) is 0 Å². The van der Waals surface area contributed by atoms with Crippen molar-refractivity contribution in [1.82, 2.24) is 4.90 Å². The SMILES string of the molecule is Cc1ccc(OCC(=O)N(C)C2CC2)c(Br)c1. The molecule has 1 aromatic carbocycles. The predicted octanol–water partition coefficient (Wildman–Crippen LogP) is 2.76. The number of benzene rings is 1. The molecule has 3 nitrogen and oxygen atoms in total. The topological polar surface area (TPSA) is 29.5 Å². The molecule has 4 heteroatoms. The number of carbonyl (C=O) groups excluding carboxylic acids is 1. The number of amides is 1. The molecule has 1 aliphatic rings. The van der Waals surface area contributed by atoms with Crippen LogP contribution in [0.5, 0.6) is 5.75 Å². The summed E-state index contributed by atoms with van der Waals surface area (Å²) < 4.78 is 6.40. The van der Waals surface area contributed by atoms with Crippen LogP contribution in [-0.4, -0.2) is 30.5 Å². The molecule has 0 bridgehead atoms. The molecule has 1 amide bonds. The molecule has 0 saturated heterocycles. The maximum Gasteiger partial charge on any atom is 0.260 e. The average molecular weight is 298 g/mol. The smallest absolute Gasteiger partial charge is 0.260 e. The van der Waals surface area contributed by atoms with Crippen LogP contribution in [0.2, 0.25) is 0 Å². The number of nitrogens with zero attached hydrogens (tertiary/aromatic N) is 1. The van der Waals surface area contributed by atoms with E-state index in [1.165, 1.54) is 0 Å². The van der Waals surface area contributed by atoms with Gasteiger partial charge in [-0.25, -0.2) is 0 Å². The second kappa shape index (κ2) is 5.08. The van der Waals surface area contributed by atoms with E-state index in [-0.39, 0.29) is 12.5 Å². The van der Waals surface area contributed by atoms with Crippen LogP contribution in [0.3, 0.4) is 0 Å². The Morgan fingerprint density at radius 3 is 2.82 bits per heavy atom. The average Bonchev–Trinajstić information content (AvgIpc) is 3.10. The van der Waals surface area contributed by atoms with E-state index in [1.54, 1.807) is 4.90 Å². The minimum atomic E-state index is 0.0416. The quantitative estimate of drug-likeness (QED) is 0.855. The van der Waals surface area contributed by atoms with Gasteiger partial charge in [0.15, 0.2) is 6.61 Å². The van der Waals surface area contributed by atoms with E-state index in [2.05, 4.69) is 15.9 Å². The van der Waals surface area contributed by atoms with E-state index in [4.69, 9.17) is 4.74 Å². The van der Waals surface area contributed by atoms with E-state index in [0.29, 0.717) is 11.8 Å². The molecule has 92 valence electrons. The zero-order valence-electron chi connectivity index (χ0n) is 10.1. The highest BCUT2D eigenvalue weighted by Crippen LogP contribution is 2.27. The van der Waals surface area contributed by atoms with Crippen LogP contribution in [-0.2, 0) is 4.79 Å². The molecule has 1 aromatic rings. The van der Waals surface area contributed by atoms with Crippen molar-refractivity contribution in [2.24, 2.45) is 0 Å². The Morgan fingerprint density at radius 1 is 1.53 bits per heavy atom. The summed E-state index contributed by atoms with van der Waals surface area (Å²) in [6.45, 7) is 2.12. The molecule has 0 N–H and O–H groups in total. The lowest BCUT2D eigenvalue weighted by atomic mass is 10.2. The first-order chi connectivity index (χ1) is 8.08. The number of likely N-dealkylation sites (N-methyl/N-ethyl adjacent to an activating group) is 1. The maximum absolute atomic E-state index is 11.8. The lowest BCUT2D eigenvalue weighted by Crippen LogP contribution is -2.33. The van der Waals surface area contributed by atoms with Crippen LogP contribution in [0.25, 0.3) is 0 Å². The van der Waals surface area contributed by atoms with Gasteiger partial charge in [-0.3, -0.25) is 4.79 Å². The summed E-state index contributed by atoms with van der Waals surface area (Å²) in [5.74, 6) is 0.758. The minimum Gasteiger partial charge on any atom is -0.483 e. The Labute approximate surface area is 110 Å². The fourth-order valence-corrected chi connectivity index (χ4v) is 2.24. The summed E-state index contributed by atoms with van der Waals surface area (Å²) >= 11 is 3.43. The van der Waals surface area contributed by atoms with Crippen molar-refractivity contribution in [1.29, 1.82) is 0 Å². The fraction of sp³-hybridized carbons (Fsp3) is 0.462. The van der Waals surface area contributed by atoms with Gasteiger partial charge in [-0.1, -0.05) is 6.07 Å². The second-order valence-corrected chi connectivity index (χ2v) is 5.31. The van der Waals surface area contributed by atoms with Crippen molar-refractivity contribution in [3.63, 3.8) is 0 Å². The maximum atomic E-state index is 11.8. The number of carbonyl (C=O) groups is 1. The molecule has 1 aliphatic carbocycles. The summed E-state index contributed by atoms with van der Waals surface area (Å²) in [6, 6.07) is 6.26. The molecule has 0 unspecified atom stereocenters. The van der Waals surface area contributed by atoms with Gasteiger partial charge in [0.25, 0.3) is 5.91 Å². The number of hydrogen-bond acceptors (Lipinski definition) is 2. The monoisotopic (exact) mass is 297 g/mol. The Kier molecular flexibility index (Phi) is 3.72. The fourth-order valence-electron chi connectivity index (χ4n) is 1.63. The molecule has 1 fully saturated rings. The Bertz CT molecular complexity index is 429. The lowest BCUT2D eigenvalue weighted by Gasteiger charge is -2.16. The number of ether oxygens (including phenoxy) is 1. The first-order valence-electron chi connectivity index (χ1n) is 5.72. The highest BCUT2D eigenvalue weighted by Gasteiger charge is 2.29. The van der Waals surface area contributed by atoms with Crippen LogP contribution in [0, 0.1) is 6.92 Å². The molecule has 0 spiro atoms. The standard InChI is InChI=1S/C13H16BrNO2/c1-9-3-6-12(11(14)7-9)17-8-13(16)15(2)10-4-5-10/h3,6-7,10H,4-5,8H2,1-2H3. The molecule has 0 aromatic heterocycles. The van der Waals surface area contributed by atoms with Crippen LogP contribution >= 0.6 is 15.9 Å². The molecule has 1 saturated carbocycles. The van der Waals surface area contributed by atoms with Gasteiger partial charge < -0.3 is 9.64 Å². The Morgan fingerprint density at radius 2 is 2.24 bits per heavy atom. The third-order valence-corrected chi connectivity index (χ3v) is 3.55. The zero-order chi connectivity index (χ0) is 12.4. The van der Waals surface area contributed by atoms with Crippen LogP contribution in [0.15, 0.2) is 22.7 Å². The van der Waals surface area contributed by atoms with Crippen LogP contribution in [0.1, 0.15) is 18.4 Å². The van der Waals surface area contributed by atoms with Gasteiger partial charge in [0.2, 0.25) is 0 Å². The predicted molar refractivity (Wildman–Crippen MR) is 70.2 cm³/mol. The summed E-state index contributed by atoms with van der Waals surface area (Å²) in [5, 5.41) is 0. The number of aryl methyl sites for hydroxylation is 1. The van der Waals surface area contributed by atoms with Crippen molar-refractivity contribution in [2.75, 3.05) is 13.7 Å². The largest absolute Gasteiger partial charge is 0.483 e.